The van der Waals surface area contributed by atoms with Gasteiger partial charge in [-0.3, -0.25) is 14.4 Å². The van der Waals surface area contributed by atoms with Crippen LogP contribution in [0.15, 0.2) is 55.1 Å². The van der Waals surface area contributed by atoms with Crippen LogP contribution >= 0.6 is 11.8 Å². The van der Waals surface area contributed by atoms with Crippen molar-refractivity contribution in [2.75, 3.05) is 16.8 Å². The van der Waals surface area contributed by atoms with E-state index in [2.05, 4.69) is 11.9 Å². The SMILES string of the molecule is C=CCSCC(=O)Nc1cccc2c1C(=O)c1ccccc1C2=O. The lowest BCUT2D eigenvalue weighted by Gasteiger charge is -2.20. The van der Waals surface area contributed by atoms with Crippen molar-refractivity contribution in [2.24, 2.45) is 0 Å². The molecular formula is C19H15NO3S. The highest BCUT2D eigenvalue weighted by atomic mass is 32.2. The second-order valence-corrected chi connectivity index (χ2v) is 6.31. The third kappa shape index (κ3) is 2.90. The fourth-order valence-corrected chi connectivity index (χ4v) is 3.21. The Hall–Kier alpha value is -2.66. The van der Waals surface area contributed by atoms with E-state index in [0.717, 1.165) is 0 Å². The summed E-state index contributed by atoms with van der Waals surface area (Å²) in [6.07, 6.45) is 1.72. The summed E-state index contributed by atoms with van der Waals surface area (Å²) in [5.41, 5.74) is 1.75. The highest BCUT2D eigenvalue weighted by Crippen LogP contribution is 2.31. The fraction of sp³-hybridized carbons (Fsp3) is 0.105. The fourth-order valence-electron chi connectivity index (χ4n) is 2.67. The van der Waals surface area contributed by atoms with Gasteiger partial charge in [-0.15, -0.1) is 18.3 Å². The highest BCUT2D eigenvalue weighted by Gasteiger charge is 2.31. The van der Waals surface area contributed by atoms with Crippen LogP contribution < -0.4 is 5.32 Å². The Bertz CT molecular complexity index is 857. The number of fused-ring (bicyclic) bond motifs is 2. The van der Waals surface area contributed by atoms with Crippen LogP contribution in [0.25, 0.3) is 0 Å². The summed E-state index contributed by atoms with van der Waals surface area (Å²) < 4.78 is 0. The Morgan fingerprint density at radius 2 is 1.67 bits per heavy atom. The molecule has 0 atom stereocenters. The molecule has 4 nitrogen and oxygen atoms in total. The molecule has 0 bridgehead atoms. The topological polar surface area (TPSA) is 63.2 Å². The van der Waals surface area contributed by atoms with Crippen LogP contribution in [0.1, 0.15) is 31.8 Å². The van der Waals surface area contributed by atoms with Gasteiger partial charge in [0.2, 0.25) is 5.91 Å². The molecule has 5 heteroatoms. The minimum atomic E-state index is -0.241. The first-order valence-electron chi connectivity index (χ1n) is 7.43. The molecule has 2 aromatic rings. The minimum Gasteiger partial charge on any atom is -0.325 e. The zero-order valence-electron chi connectivity index (χ0n) is 12.9. The van der Waals surface area contributed by atoms with Crippen LogP contribution in [0.3, 0.4) is 0 Å². The molecule has 2 aromatic carbocycles. The van der Waals surface area contributed by atoms with E-state index in [1.807, 2.05) is 0 Å². The van der Waals surface area contributed by atoms with Gasteiger partial charge in [-0.05, 0) is 6.07 Å². The summed E-state index contributed by atoms with van der Waals surface area (Å²) >= 11 is 1.43. The maximum Gasteiger partial charge on any atom is 0.234 e. The van der Waals surface area contributed by atoms with Crippen LogP contribution in [0.5, 0.6) is 0 Å². The van der Waals surface area contributed by atoms with Gasteiger partial charge in [0.25, 0.3) is 0 Å². The molecule has 0 spiro atoms. The lowest BCUT2D eigenvalue weighted by Crippen LogP contribution is -2.24. The minimum absolute atomic E-state index is 0.197. The molecule has 1 aliphatic carbocycles. The van der Waals surface area contributed by atoms with Gasteiger partial charge < -0.3 is 5.32 Å². The van der Waals surface area contributed by atoms with E-state index < -0.39 is 0 Å². The lowest BCUT2D eigenvalue weighted by atomic mass is 9.83. The van der Waals surface area contributed by atoms with Crippen molar-refractivity contribution in [1.82, 2.24) is 0 Å². The Labute approximate surface area is 144 Å². The number of benzene rings is 2. The van der Waals surface area contributed by atoms with Crippen LogP contribution in [0.4, 0.5) is 5.69 Å². The molecule has 1 amide bonds. The van der Waals surface area contributed by atoms with Gasteiger partial charge in [-0.1, -0.05) is 42.5 Å². The van der Waals surface area contributed by atoms with Gasteiger partial charge in [0, 0.05) is 22.4 Å². The van der Waals surface area contributed by atoms with Crippen molar-refractivity contribution < 1.29 is 14.4 Å². The monoisotopic (exact) mass is 337 g/mol. The second-order valence-electron chi connectivity index (χ2n) is 5.28. The van der Waals surface area contributed by atoms with Crippen LogP contribution in [0.2, 0.25) is 0 Å². The summed E-state index contributed by atoms with van der Waals surface area (Å²) in [4.78, 5) is 37.5. The molecule has 3 rings (SSSR count). The van der Waals surface area contributed by atoms with Gasteiger partial charge in [0.15, 0.2) is 11.6 Å². The lowest BCUT2D eigenvalue weighted by molar-refractivity contribution is -0.113. The Kier molecular flexibility index (Phi) is 4.62. The molecule has 24 heavy (non-hydrogen) atoms. The van der Waals surface area contributed by atoms with Gasteiger partial charge in [0.05, 0.1) is 17.0 Å². The molecular weight excluding hydrogens is 322 g/mol. The largest absolute Gasteiger partial charge is 0.325 e. The molecule has 120 valence electrons. The number of amides is 1. The summed E-state index contributed by atoms with van der Waals surface area (Å²) in [5, 5.41) is 2.74. The van der Waals surface area contributed by atoms with Crippen LogP contribution in [-0.4, -0.2) is 29.0 Å². The van der Waals surface area contributed by atoms with E-state index in [-0.39, 0.29) is 28.8 Å². The maximum absolute atomic E-state index is 12.8. The normalized spacial score (nSPS) is 12.3. The molecule has 0 aromatic heterocycles. The Morgan fingerprint density at radius 3 is 2.38 bits per heavy atom. The second kappa shape index (κ2) is 6.84. The summed E-state index contributed by atoms with van der Waals surface area (Å²) in [6.45, 7) is 3.60. The van der Waals surface area contributed by atoms with Gasteiger partial charge in [-0.25, -0.2) is 0 Å². The smallest absolute Gasteiger partial charge is 0.234 e. The average Bonchev–Trinajstić information content (AvgIpc) is 2.60. The molecule has 0 saturated carbocycles. The van der Waals surface area contributed by atoms with E-state index in [0.29, 0.717) is 28.1 Å². The molecule has 0 unspecified atom stereocenters. The Balaban J connectivity index is 1.95. The van der Waals surface area contributed by atoms with E-state index in [1.165, 1.54) is 11.8 Å². The Morgan fingerprint density at radius 1 is 1.00 bits per heavy atom. The standard InChI is InChI=1S/C19H15NO3S/c1-2-10-24-11-16(21)20-15-9-5-8-14-17(15)19(23)13-7-4-3-6-12(13)18(14)22/h2-9H,1,10-11H2,(H,20,21). The number of rotatable bonds is 5. The maximum atomic E-state index is 12.8. The zero-order chi connectivity index (χ0) is 17.1. The first-order chi connectivity index (χ1) is 11.6. The van der Waals surface area contributed by atoms with E-state index in [9.17, 15) is 14.4 Å². The third-order valence-electron chi connectivity index (χ3n) is 3.70. The molecule has 0 fully saturated rings. The van der Waals surface area contributed by atoms with Crippen molar-refractivity contribution in [3.8, 4) is 0 Å². The van der Waals surface area contributed by atoms with Crippen molar-refractivity contribution in [3.05, 3.63) is 77.4 Å². The van der Waals surface area contributed by atoms with E-state index in [1.54, 1.807) is 48.5 Å². The number of hydrogen-bond donors (Lipinski definition) is 1. The quantitative estimate of drug-likeness (QED) is 0.573. The van der Waals surface area contributed by atoms with E-state index in [4.69, 9.17) is 0 Å². The molecule has 1 aliphatic rings. The first-order valence-corrected chi connectivity index (χ1v) is 8.59. The molecule has 0 saturated heterocycles. The van der Waals surface area contributed by atoms with E-state index >= 15 is 0 Å². The number of hydrogen-bond acceptors (Lipinski definition) is 4. The number of carbonyl (C=O) groups is 3. The highest BCUT2D eigenvalue weighted by molar-refractivity contribution is 8.00. The summed E-state index contributed by atoms with van der Waals surface area (Å²) in [6, 6.07) is 11.7. The van der Waals surface area contributed by atoms with Gasteiger partial charge >= 0.3 is 0 Å². The van der Waals surface area contributed by atoms with Crippen LogP contribution in [-0.2, 0) is 4.79 Å². The number of nitrogens with one attached hydrogen (secondary N) is 1. The predicted octanol–water partition coefficient (Wildman–Crippen LogP) is 3.32. The molecule has 0 heterocycles. The van der Waals surface area contributed by atoms with Crippen molar-refractivity contribution in [1.29, 1.82) is 0 Å². The first kappa shape index (κ1) is 16.2. The predicted molar refractivity (Wildman–Crippen MR) is 95.9 cm³/mol. The van der Waals surface area contributed by atoms with Crippen molar-refractivity contribution in [2.45, 2.75) is 0 Å². The molecule has 0 aliphatic heterocycles. The van der Waals surface area contributed by atoms with Crippen molar-refractivity contribution in [3.63, 3.8) is 0 Å². The molecule has 0 radical (unpaired) electrons. The van der Waals surface area contributed by atoms with Crippen LogP contribution in [0, 0.1) is 0 Å². The summed E-state index contributed by atoms with van der Waals surface area (Å²) in [7, 11) is 0. The zero-order valence-corrected chi connectivity index (χ0v) is 13.7. The van der Waals surface area contributed by atoms with Gasteiger partial charge in [-0.2, -0.15) is 0 Å². The van der Waals surface area contributed by atoms with Gasteiger partial charge in [0.1, 0.15) is 0 Å². The third-order valence-corrected chi connectivity index (χ3v) is 4.63. The average molecular weight is 337 g/mol. The summed E-state index contributed by atoms with van der Waals surface area (Å²) in [5.74, 6) is 0.279. The number of ketones is 2. The van der Waals surface area contributed by atoms with Crippen molar-refractivity contribution >= 4 is 34.9 Å². The number of carbonyl (C=O) groups excluding carboxylic acids is 3. The molecule has 1 N–H and O–H groups in total. The number of anilines is 1. The number of thioether (sulfide) groups is 1.